The fourth-order valence-electron chi connectivity index (χ4n) is 1.23. The van der Waals surface area contributed by atoms with Gasteiger partial charge in [0.05, 0.1) is 18.0 Å². The van der Waals surface area contributed by atoms with Gasteiger partial charge < -0.3 is 10.4 Å². The lowest BCUT2D eigenvalue weighted by Crippen LogP contribution is -2.46. The first-order valence-corrected chi connectivity index (χ1v) is 4.56. The van der Waals surface area contributed by atoms with Crippen molar-refractivity contribution in [1.82, 2.24) is 5.32 Å². The van der Waals surface area contributed by atoms with Gasteiger partial charge >= 0.3 is 0 Å². The Balaban J connectivity index is 2.44. The molecule has 1 rings (SSSR count). The van der Waals surface area contributed by atoms with E-state index in [1.807, 2.05) is 13.8 Å². The van der Waals surface area contributed by atoms with Crippen LogP contribution in [0.3, 0.4) is 0 Å². The van der Waals surface area contributed by atoms with Crippen molar-refractivity contribution in [3.63, 3.8) is 0 Å². The number of aliphatic imine (C=N–C) groups is 1. The third kappa shape index (κ3) is 2.81. The second-order valence-corrected chi connectivity index (χ2v) is 3.95. The van der Waals surface area contributed by atoms with Crippen LogP contribution >= 0.6 is 0 Å². The van der Waals surface area contributed by atoms with E-state index in [0.717, 1.165) is 18.8 Å². The molecule has 0 aromatic heterocycles. The van der Waals surface area contributed by atoms with Gasteiger partial charge in [0.2, 0.25) is 0 Å². The van der Waals surface area contributed by atoms with Crippen molar-refractivity contribution in [1.29, 1.82) is 0 Å². The molecule has 0 aromatic rings. The number of aliphatic hydroxyl groups is 1. The van der Waals surface area contributed by atoms with Gasteiger partial charge in [-0.05, 0) is 26.7 Å². The van der Waals surface area contributed by atoms with Gasteiger partial charge in [0.25, 0.3) is 0 Å². The average molecular weight is 170 g/mol. The van der Waals surface area contributed by atoms with Gasteiger partial charge in [0.1, 0.15) is 0 Å². The van der Waals surface area contributed by atoms with Crippen molar-refractivity contribution in [3.8, 4) is 0 Å². The van der Waals surface area contributed by atoms with Gasteiger partial charge in [-0.1, -0.05) is 0 Å². The Morgan fingerprint density at radius 3 is 2.75 bits per heavy atom. The molecule has 70 valence electrons. The van der Waals surface area contributed by atoms with Gasteiger partial charge in [-0.25, -0.2) is 0 Å². The molecule has 3 heteroatoms. The van der Waals surface area contributed by atoms with Crippen LogP contribution in [0.2, 0.25) is 0 Å². The first kappa shape index (κ1) is 9.52. The van der Waals surface area contributed by atoms with E-state index in [4.69, 9.17) is 5.11 Å². The standard InChI is InChI=1S/C9H18N2O/c1-9(2,7-12)11-8-5-3-4-6-10-8/h12H,3-7H2,1-2H3,(H,10,11). The molecule has 1 aliphatic heterocycles. The van der Waals surface area contributed by atoms with Gasteiger partial charge in [0.15, 0.2) is 0 Å². The molecule has 0 aliphatic carbocycles. The maximum atomic E-state index is 9.01. The van der Waals surface area contributed by atoms with Crippen LogP contribution in [0.4, 0.5) is 0 Å². The van der Waals surface area contributed by atoms with Crippen LogP contribution < -0.4 is 5.32 Å². The van der Waals surface area contributed by atoms with Crippen molar-refractivity contribution in [3.05, 3.63) is 0 Å². The molecule has 0 saturated heterocycles. The highest BCUT2D eigenvalue weighted by molar-refractivity contribution is 5.83. The molecular formula is C9H18N2O. The minimum atomic E-state index is -0.226. The second-order valence-electron chi connectivity index (χ2n) is 3.95. The Morgan fingerprint density at radius 2 is 2.25 bits per heavy atom. The van der Waals surface area contributed by atoms with E-state index in [0.29, 0.717) is 0 Å². The summed E-state index contributed by atoms with van der Waals surface area (Å²) in [7, 11) is 0. The van der Waals surface area contributed by atoms with Crippen LogP contribution in [0.15, 0.2) is 4.99 Å². The molecule has 3 nitrogen and oxygen atoms in total. The van der Waals surface area contributed by atoms with E-state index >= 15 is 0 Å². The third-order valence-corrected chi connectivity index (χ3v) is 2.00. The van der Waals surface area contributed by atoms with Crippen LogP contribution in [0.1, 0.15) is 33.1 Å². The number of rotatable bonds is 2. The van der Waals surface area contributed by atoms with Crippen LogP contribution in [-0.4, -0.2) is 29.6 Å². The molecule has 0 atom stereocenters. The molecular weight excluding hydrogens is 152 g/mol. The van der Waals surface area contributed by atoms with Crippen molar-refractivity contribution < 1.29 is 5.11 Å². The highest BCUT2D eigenvalue weighted by atomic mass is 16.3. The van der Waals surface area contributed by atoms with Gasteiger partial charge in [-0.2, -0.15) is 0 Å². The first-order chi connectivity index (χ1) is 5.64. The van der Waals surface area contributed by atoms with Crippen LogP contribution in [0, 0.1) is 0 Å². The zero-order valence-corrected chi connectivity index (χ0v) is 7.93. The lowest BCUT2D eigenvalue weighted by molar-refractivity contribution is 0.205. The molecule has 1 heterocycles. The topological polar surface area (TPSA) is 44.6 Å². The SMILES string of the molecule is CC(C)(CO)NC1=NCCCC1. The summed E-state index contributed by atoms with van der Waals surface area (Å²) in [5.74, 6) is 1.06. The molecule has 0 aromatic carbocycles. The molecule has 0 spiro atoms. The molecule has 0 bridgehead atoms. The quantitative estimate of drug-likeness (QED) is 0.647. The lowest BCUT2D eigenvalue weighted by Gasteiger charge is -2.27. The molecule has 0 unspecified atom stereocenters. The van der Waals surface area contributed by atoms with Gasteiger partial charge in [-0.15, -0.1) is 0 Å². The highest BCUT2D eigenvalue weighted by Gasteiger charge is 2.18. The fraction of sp³-hybridized carbons (Fsp3) is 0.889. The first-order valence-electron chi connectivity index (χ1n) is 4.56. The van der Waals surface area contributed by atoms with Gasteiger partial charge in [0, 0.05) is 13.0 Å². The average Bonchev–Trinajstić information content (AvgIpc) is 2.06. The van der Waals surface area contributed by atoms with E-state index < -0.39 is 0 Å². The normalized spacial score (nSPS) is 18.8. The largest absolute Gasteiger partial charge is 0.394 e. The molecule has 0 radical (unpaired) electrons. The number of nitrogens with zero attached hydrogens (tertiary/aromatic N) is 1. The molecule has 2 N–H and O–H groups in total. The van der Waals surface area contributed by atoms with E-state index in [2.05, 4.69) is 10.3 Å². The number of nitrogens with one attached hydrogen (secondary N) is 1. The number of amidine groups is 1. The summed E-state index contributed by atoms with van der Waals surface area (Å²) in [6.45, 7) is 5.03. The fourth-order valence-corrected chi connectivity index (χ4v) is 1.23. The summed E-state index contributed by atoms with van der Waals surface area (Å²) >= 11 is 0. The number of aliphatic hydroxyl groups excluding tert-OH is 1. The summed E-state index contributed by atoms with van der Waals surface area (Å²) < 4.78 is 0. The summed E-state index contributed by atoms with van der Waals surface area (Å²) in [5.41, 5.74) is -0.226. The minimum absolute atomic E-state index is 0.145. The Hall–Kier alpha value is -0.570. The van der Waals surface area contributed by atoms with E-state index in [9.17, 15) is 0 Å². The van der Waals surface area contributed by atoms with Crippen molar-refractivity contribution in [2.45, 2.75) is 38.6 Å². The summed E-state index contributed by atoms with van der Waals surface area (Å²) in [4.78, 5) is 4.36. The zero-order chi connectivity index (χ0) is 9.03. The Labute approximate surface area is 73.9 Å². The van der Waals surface area contributed by atoms with E-state index in [1.165, 1.54) is 12.8 Å². The van der Waals surface area contributed by atoms with Crippen LogP contribution in [0.25, 0.3) is 0 Å². The Bertz CT molecular complexity index is 175. The monoisotopic (exact) mass is 170 g/mol. The predicted octanol–water partition coefficient (Wildman–Crippen LogP) is 0.929. The van der Waals surface area contributed by atoms with Crippen molar-refractivity contribution in [2.24, 2.45) is 4.99 Å². The Kier molecular flexibility index (Phi) is 3.09. The number of hydrogen-bond donors (Lipinski definition) is 2. The molecule has 1 aliphatic rings. The summed E-state index contributed by atoms with van der Waals surface area (Å²) in [5, 5.41) is 12.3. The smallest absolute Gasteiger partial charge is 0.0967 e. The van der Waals surface area contributed by atoms with E-state index in [1.54, 1.807) is 0 Å². The lowest BCUT2D eigenvalue weighted by atomic mass is 10.1. The van der Waals surface area contributed by atoms with E-state index in [-0.39, 0.29) is 12.1 Å². The second kappa shape index (κ2) is 3.90. The highest BCUT2D eigenvalue weighted by Crippen LogP contribution is 2.08. The summed E-state index contributed by atoms with van der Waals surface area (Å²) in [6.07, 6.45) is 3.45. The number of hydrogen-bond acceptors (Lipinski definition) is 3. The van der Waals surface area contributed by atoms with Crippen molar-refractivity contribution >= 4 is 5.84 Å². The molecule has 12 heavy (non-hydrogen) atoms. The summed E-state index contributed by atoms with van der Waals surface area (Å²) in [6, 6.07) is 0. The Morgan fingerprint density at radius 1 is 1.50 bits per heavy atom. The maximum absolute atomic E-state index is 9.01. The van der Waals surface area contributed by atoms with Crippen molar-refractivity contribution in [2.75, 3.05) is 13.2 Å². The zero-order valence-electron chi connectivity index (χ0n) is 7.93. The van der Waals surface area contributed by atoms with Crippen LogP contribution in [0.5, 0.6) is 0 Å². The maximum Gasteiger partial charge on any atom is 0.0967 e. The minimum Gasteiger partial charge on any atom is -0.394 e. The molecule has 0 saturated carbocycles. The molecule has 0 fully saturated rings. The van der Waals surface area contributed by atoms with Gasteiger partial charge in [-0.3, -0.25) is 4.99 Å². The molecule has 0 amide bonds. The third-order valence-electron chi connectivity index (χ3n) is 2.00. The van der Waals surface area contributed by atoms with Crippen LogP contribution in [-0.2, 0) is 0 Å². The predicted molar refractivity (Wildman–Crippen MR) is 50.5 cm³/mol.